The molecule has 6 nitrogen and oxygen atoms in total. The SMILES string of the molecule is CCOC(=O)C(C#N)C1(C#N)c2ccc(Br)cc2C(=O)N1C. The van der Waals surface area contributed by atoms with Crippen LogP contribution in [0.5, 0.6) is 0 Å². The number of ether oxygens (including phenoxy) is 1. The number of fused-ring (bicyclic) bond motifs is 1. The van der Waals surface area contributed by atoms with Crippen molar-refractivity contribution in [2.75, 3.05) is 13.7 Å². The van der Waals surface area contributed by atoms with E-state index in [-0.39, 0.29) is 6.61 Å². The largest absolute Gasteiger partial charge is 0.465 e. The van der Waals surface area contributed by atoms with E-state index in [1.165, 1.54) is 7.05 Å². The Balaban J connectivity index is 2.70. The molecular formula is C15H12BrN3O3. The standard InChI is InChI=1S/C15H12BrN3O3/c1-3-22-14(21)12(7-17)15(8-18)11-5-4-9(16)6-10(11)13(20)19(15)2/h4-6,12H,3H2,1-2H3. The van der Waals surface area contributed by atoms with E-state index in [1.807, 2.05) is 12.1 Å². The fourth-order valence-electron chi connectivity index (χ4n) is 2.64. The van der Waals surface area contributed by atoms with Crippen LogP contribution in [0, 0.1) is 28.6 Å². The highest BCUT2D eigenvalue weighted by Gasteiger charge is 2.57. The molecule has 1 aliphatic heterocycles. The summed E-state index contributed by atoms with van der Waals surface area (Å²) >= 11 is 3.27. The zero-order valence-electron chi connectivity index (χ0n) is 12.0. The van der Waals surface area contributed by atoms with E-state index in [0.717, 1.165) is 4.90 Å². The van der Waals surface area contributed by atoms with Crippen molar-refractivity contribution in [2.24, 2.45) is 5.92 Å². The lowest BCUT2D eigenvalue weighted by Gasteiger charge is -2.32. The van der Waals surface area contributed by atoms with Crippen LogP contribution in [0.1, 0.15) is 22.8 Å². The van der Waals surface area contributed by atoms with E-state index in [0.29, 0.717) is 15.6 Å². The number of hydrogen-bond donors (Lipinski definition) is 0. The molecule has 0 radical (unpaired) electrons. The summed E-state index contributed by atoms with van der Waals surface area (Å²) in [4.78, 5) is 25.7. The number of esters is 1. The first kappa shape index (κ1) is 16.0. The number of amides is 1. The fraction of sp³-hybridized carbons (Fsp3) is 0.333. The van der Waals surface area contributed by atoms with Crippen molar-refractivity contribution >= 4 is 27.8 Å². The lowest BCUT2D eigenvalue weighted by molar-refractivity contribution is -0.149. The lowest BCUT2D eigenvalue weighted by Crippen LogP contribution is -2.48. The maximum Gasteiger partial charge on any atom is 0.327 e. The zero-order chi connectivity index (χ0) is 16.5. The second kappa shape index (κ2) is 5.78. The number of carbonyl (C=O) groups excluding carboxylic acids is 2. The Bertz CT molecular complexity index is 735. The van der Waals surface area contributed by atoms with Gasteiger partial charge in [0, 0.05) is 22.6 Å². The number of nitrogens with zero attached hydrogens (tertiary/aromatic N) is 3. The number of hydrogen-bond acceptors (Lipinski definition) is 5. The molecule has 1 aromatic rings. The smallest absolute Gasteiger partial charge is 0.327 e. The van der Waals surface area contributed by atoms with Gasteiger partial charge in [-0.2, -0.15) is 10.5 Å². The van der Waals surface area contributed by atoms with Gasteiger partial charge in [0.05, 0.1) is 18.7 Å². The molecule has 22 heavy (non-hydrogen) atoms. The predicted molar refractivity (Wildman–Crippen MR) is 79.3 cm³/mol. The predicted octanol–water partition coefficient (Wildman–Crippen LogP) is 1.96. The van der Waals surface area contributed by atoms with E-state index in [4.69, 9.17) is 4.74 Å². The van der Waals surface area contributed by atoms with Crippen molar-refractivity contribution in [1.29, 1.82) is 10.5 Å². The average molecular weight is 362 g/mol. The molecule has 7 heteroatoms. The molecule has 0 aliphatic carbocycles. The van der Waals surface area contributed by atoms with Crippen LogP contribution >= 0.6 is 15.9 Å². The van der Waals surface area contributed by atoms with Crippen LogP contribution in [0.3, 0.4) is 0 Å². The Kier molecular flexibility index (Phi) is 4.20. The molecule has 1 heterocycles. The van der Waals surface area contributed by atoms with Gasteiger partial charge >= 0.3 is 5.97 Å². The molecule has 0 saturated heterocycles. The van der Waals surface area contributed by atoms with Crippen LogP contribution in [0.4, 0.5) is 0 Å². The van der Waals surface area contributed by atoms with E-state index < -0.39 is 23.3 Å². The van der Waals surface area contributed by atoms with Crippen molar-refractivity contribution in [2.45, 2.75) is 12.5 Å². The number of carbonyl (C=O) groups is 2. The quantitative estimate of drug-likeness (QED) is 0.766. The van der Waals surface area contributed by atoms with Crippen molar-refractivity contribution in [3.05, 3.63) is 33.8 Å². The molecular weight excluding hydrogens is 350 g/mol. The first-order valence-electron chi connectivity index (χ1n) is 6.49. The third-order valence-electron chi connectivity index (χ3n) is 3.70. The Morgan fingerprint density at radius 2 is 2.18 bits per heavy atom. The molecule has 2 atom stereocenters. The Hall–Kier alpha value is -2.38. The van der Waals surface area contributed by atoms with Gasteiger partial charge < -0.3 is 9.64 Å². The summed E-state index contributed by atoms with van der Waals surface area (Å²) in [6, 6.07) is 8.63. The van der Waals surface area contributed by atoms with Gasteiger partial charge in [-0.25, -0.2) is 0 Å². The second-order valence-corrected chi connectivity index (χ2v) is 5.66. The first-order valence-corrected chi connectivity index (χ1v) is 7.29. The molecule has 0 saturated carbocycles. The van der Waals surface area contributed by atoms with Gasteiger partial charge in [-0.15, -0.1) is 0 Å². The third kappa shape index (κ3) is 2.06. The average Bonchev–Trinajstić information content (AvgIpc) is 2.70. The van der Waals surface area contributed by atoms with Crippen LogP contribution in [0.2, 0.25) is 0 Å². The molecule has 1 amide bonds. The minimum atomic E-state index is -1.69. The van der Waals surface area contributed by atoms with Gasteiger partial charge in [-0.3, -0.25) is 9.59 Å². The lowest BCUT2D eigenvalue weighted by atomic mass is 9.79. The summed E-state index contributed by atoms with van der Waals surface area (Å²) in [6.45, 7) is 1.70. The van der Waals surface area contributed by atoms with Crippen molar-refractivity contribution in [3.63, 3.8) is 0 Å². The Morgan fingerprint density at radius 3 is 2.73 bits per heavy atom. The highest BCUT2D eigenvalue weighted by molar-refractivity contribution is 9.10. The van der Waals surface area contributed by atoms with E-state index in [9.17, 15) is 20.1 Å². The third-order valence-corrected chi connectivity index (χ3v) is 4.19. The summed E-state index contributed by atoms with van der Waals surface area (Å²) in [6.07, 6.45) is 0. The zero-order valence-corrected chi connectivity index (χ0v) is 13.5. The second-order valence-electron chi connectivity index (χ2n) is 4.75. The van der Waals surface area contributed by atoms with Gasteiger partial charge in [-0.05, 0) is 19.1 Å². The van der Waals surface area contributed by atoms with Gasteiger partial charge in [0.2, 0.25) is 0 Å². The van der Waals surface area contributed by atoms with Crippen LogP contribution in [0.15, 0.2) is 22.7 Å². The maximum absolute atomic E-state index is 12.4. The molecule has 0 N–H and O–H groups in total. The topological polar surface area (TPSA) is 94.2 Å². The molecule has 0 bridgehead atoms. The Labute approximate surface area is 136 Å². The normalized spacial score (nSPS) is 20.8. The summed E-state index contributed by atoms with van der Waals surface area (Å²) in [7, 11) is 1.41. The summed E-state index contributed by atoms with van der Waals surface area (Å²) in [5, 5.41) is 19.1. The van der Waals surface area contributed by atoms with Crippen LogP contribution < -0.4 is 0 Å². The highest BCUT2D eigenvalue weighted by atomic mass is 79.9. The monoisotopic (exact) mass is 361 g/mol. The van der Waals surface area contributed by atoms with Crippen LogP contribution in [0.25, 0.3) is 0 Å². The molecule has 0 fully saturated rings. The van der Waals surface area contributed by atoms with Crippen LogP contribution in [-0.4, -0.2) is 30.4 Å². The van der Waals surface area contributed by atoms with Gasteiger partial charge in [0.1, 0.15) is 0 Å². The minimum absolute atomic E-state index is 0.0867. The molecule has 1 aliphatic rings. The summed E-state index contributed by atoms with van der Waals surface area (Å²) in [5.74, 6) is -2.65. The van der Waals surface area contributed by atoms with Gasteiger partial charge in [0.15, 0.2) is 11.5 Å². The fourth-order valence-corrected chi connectivity index (χ4v) is 3.00. The molecule has 0 aromatic heterocycles. The van der Waals surface area contributed by atoms with Gasteiger partial charge in [-0.1, -0.05) is 22.0 Å². The minimum Gasteiger partial charge on any atom is -0.465 e. The van der Waals surface area contributed by atoms with Crippen molar-refractivity contribution in [1.82, 2.24) is 4.90 Å². The van der Waals surface area contributed by atoms with E-state index in [1.54, 1.807) is 25.1 Å². The molecule has 1 aromatic carbocycles. The van der Waals surface area contributed by atoms with Crippen molar-refractivity contribution in [3.8, 4) is 12.1 Å². The number of rotatable bonds is 3. The first-order chi connectivity index (χ1) is 10.4. The van der Waals surface area contributed by atoms with E-state index in [2.05, 4.69) is 15.9 Å². The number of nitriles is 2. The van der Waals surface area contributed by atoms with Crippen molar-refractivity contribution < 1.29 is 14.3 Å². The summed E-state index contributed by atoms with van der Waals surface area (Å²) in [5.41, 5.74) is -1.05. The number of benzene rings is 1. The molecule has 2 unspecified atom stereocenters. The highest BCUT2D eigenvalue weighted by Crippen LogP contribution is 2.44. The Morgan fingerprint density at radius 1 is 1.50 bits per heavy atom. The molecule has 2 rings (SSSR count). The summed E-state index contributed by atoms with van der Waals surface area (Å²) < 4.78 is 5.57. The molecule has 112 valence electrons. The van der Waals surface area contributed by atoms with Crippen LogP contribution in [-0.2, 0) is 15.1 Å². The maximum atomic E-state index is 12.4. The number of halogens is 1. The van der Waals surface area contributed by atoms with E-state index >= 15 is 0 Å². The molecule has 0 spiro atoms. The van der Waals surface area contributed by atoms with Gasteiger partial charge in [0.25, 0.3) is 5.91 Å².